The van der Waals surface area contributed by atoms with Gasteiger partial charge in [0.25, 0.3) is 0 Å². The summed E-state index contributed by atoms with van der Waals surface area (Å²) < 4.78 is 0. The Morgan fingerprint density at radius 2 is 0.679 bits per heavy atom. The minimum absolute atomic E-state index is 0.0358. The fraction of sp³-hybridized carbons (Fsp3) is 0.942. The van der Waals surface area contributed by atoms with Crippen LogP contribution in [0.2, 0.25) is 0 Å². The lowest BCUT2D eigenvalue weighted by atomic mass is 10.0. The van der Waals surface area contributed by atoms with Crippen molar-refractivity contribution in [2.24, 2.45) is 0 Å². The third-order valence-electron chi connectivity index (χ3n) is 12.3. The van der Waals surface area contributed by atoms with Crippen molar-refractivity contribution >= 4 is 5.91 Å². The van der Waals surface area contributed by atoms with Gasteiger partial charge in [0.1, 0.15) is 0 Å². The number of aliphatic hydroxyl groups is 2. The van der Waals surface area contributed by atoms with E-state index in [1.165, 1.54) is 244 Å². The zero-order valence-corrected chi connectivity index (χ0v) is 38.4. The van der Waals surface area contributed by atoms with Crippen LogP contribution < -0.4 is 5.32 Å². The molecule has 0 aromatic rings. The van der Waals surface area contributed by atoms with Gasteiger partial charge >= 0.3 is 0 Å². The molecular formula is C52H103NO3. The topological polar surface area (TPSA) is 69.6 Å². The summed E-state index contributed by atoms with van der Waals surface area (Å²) in [6.45, 7) is 4.38. The molecule has 0 saturated heterocycles. The average Bonchev–Trinajstić information content (AvgIpc) is 3.20. The molecule has 0 saturated carbocycles. The fourth-order valence-electron chi connectivity index (χ4n) is 8.30. The van der Waals surface area contributed by atoms with E-state index in [9.17, 15) is 15.0 Å². The molecule has 0 aliphatic heterocycles. The summed E-state index contributed by atoms with van der Waals surface area (Å²) in [6.07, 6.45) is 61.9. The van der Waals surface area contributed by atoms with E-state index in [2.05, 4.69) is 31.3 Å². The number of amides is 1. The molecular weight excluding hydrogens is 687 g/mol. The Bertz CT molecular complexity index is 769. The maximum atomic E-state index is 12.4. The van der Waals surface area contributed by atoms with Crippen molar-refractivity contribution in [3.8, 4) is 0 Å². The van der Waals surface area contributed by atoms with E-state index in [-0.39, 0.29) is 12.5 Å². The standard InChI is InChI=1S/C52H103NO3/c1-3-5-7-9-11-13-15-17-19-20-21-22-23-24-25-26-27-28-29-30-31-32-34-35-37-39-41-43-45-47-51(55)50(49-54)53-52(56)48-46-44-42-40-38-36-33-18-16-14-12-10-8-6-4-2/h18,33,50-51,54-55H,3-17,19-32,34-49H2,1-2H3,(H,53,56)/b33-18-. The Morgan fingerprint density at radius 3 is 0.982 bits per heavy atom. The molecule has 56 heavy (non-hydrogen) atoms. The van der Waals surface area contributed by atoms with E-state index < -0.39 is 12.1 Å². The van der Waals surface area contributed by atoms with E-state index in [4.69, 9.17) is 0 Å². The molecule has 4 nitrogen and oxygen atoms in total. The molecule has 334 valence electrons. The molecule has 0 heterocycles. The van der Waals surface area contributed by atoms with Gasteiger partial charge < -0.3 is 15.5 Å². The molecule has 3 N–H and O–H groups in total. The monoisotopic (exact) mass is 790 g/mol. The van der Waals surface area contributed by atoms with Gasteiger partial charge in [-0.3, -0.25) is 4.79 Å². The highest BCUT2D eigenvalue weighted by Gasteiger charge is 2.20. The number of hydrogen-bond acceptors (Lipinski definition) is 3. The van der Waals surface area contributed by atoms with Crippen LogP contribution in [0.4, 0.5) is 0 Å². The predicted molar refractivity (Wildman–Crippen MR) is 249 cm³/mol. The van der Waals surface area contributed by atoms with E-state index in [1.807, 2.05) is 0 Å². The summed E-state index contributed by atoms with van der Waals surface area (Å²) in [5, 5.41) is 23.3. The lowest BCUT2D eigenvalue weighted by molar-refractivity contribution is -0.123. The van der Waals surface area contributed by atoms with Gasteiger partial charge in [-0.1, -0.05) is 264 Å². The normalized spacial score (nSPS) is 12.9. The molecule has 0 fully saturated rings. The number of nitrogens with one attached hydrogen (secondary N) is 1. The summed E-state index contributed by atoms with van der Waals surface area (Å²) >= 11 is 0. The molecule has 0 radical (unpaired) electrons. The van der Waals surface area contributed by atoms with Gasteiger partial charge in [0.15, 0.2) is 0 Å². The largest absolute Gasteiger partial charge is 0.394 e. The first-order valence-corrected chi connectivity index (χ1v) is 25.9. The molecule has 0 aliphatic rings. The molecule has 1 amide bonds. The fourth-order valence-corrected chi connectivity index (χ4v) is 8.30. The highest BCUT2D eigenvalue weighted by atomic mass is 16.3. The van der Waals surface area contributed by atoms with Gasteiger partial charge in [-0.05, 0) is 38.5 Å². The Kier molecular flexibility index (Phi) is 47.7. The predicted octanol–water partition coefficient (Wildman–Crippen LogP) is 16.6. The lowest BCUT2D eigenvalue weighted by Gasteiger charge is -2.22. The summed E-state index contributed by atoms with van der Waals surface area (Å²) in [5.41, 5.74) is 0. The second-order valence-corrected chi connectivity index (χ2v) is 17.9. The van der Waals surface area contributed by atoms with Crippen molar-refractivity contribution < 1.29 is 15.0 Å². The van der Waals surface area contributed by atoms with Crippen LogP contribution in [0.3, 0.4) is 0 Å². The molecule has 0 spiro atoms. The molecule has 0 bridgehead atoms. The van der Waals surface area contributed by atoms with E-state index >= 15 is 0 Å². The van der Waals surface area contributed by atoms with E-state index in [1.54, 1.807) is 0 Å². The molecule has 2 atom stereocenters. The Morgan fingerprint density at radius 1 is 0.411 bits per heavy atom. The zero-order chi connectivity index (χ0) is 40.7. The van der Waals surface area contributed by atoms with Crippen LogP contribution in [0.15, 0.2) is 12.2 Å². The van der Waals surface area contributed by atoms with Crippen LogP contribution in [-0.4, -0.2) is 34.9 Å². The van der Waals surface area contributed by atoms with Crippen molar-refractivity contribution in [2.75, 3.05) is 6.61 Å². The maximum absolute atomic E-state index is 12.4. The summed E-state index contributed by atoms with van der Waals surface area (Å²) in [4.78, 5) is 12.4. The minimum Gasteiger partial charge on any atom is -0.394 e. The van der Waals surface area contributed by atoms with Crippen molar-refractivity contribution in [1.29, 1.82) is 0 Å². The molecule has 4 heteroatoms. The third-order valence-corrected chi connectivity index (χ3v) is 12.3. The first-order chi connectivity index (χ1) is 27.7. The van der Waals surface area contributed by atoms with Crippen molar-refractivity contribution in [3.63, 3.8) is 0 Å². The lowest BCUT2D eigenvalue weighted by Crippen LogP contribution is -2.45. The quantitative estimate of drug-likeness (QED) is 0.0425. The second-order valence-electron chi connectivity index (χ2n) is 17.9. The van der Waals surface area contributed by atoms with Gasteiger partial charge in [0, 0.05) is 6.42 Å². The minimum atomic E-state index is -0.660. The number of carbonyl (C=O) groups excluding carboxylic acids is 1. The van der Waals surface area contributed by atoms with E-state index in [0.717, 1.165) is 25.7 Å². The maximum Gasteiger partial charge on any atom is 0.220 e. The Balaban J connectivity index is 3.41. The van der Waals surface area contributed by atoms with E-state index in [0.29, 0.717) is 12.8 Å². The molecule has 0 aliphatic carbocycles. The zero-order valence-electron chi connectivity index (χ0n) is 38.4. The van der Waals surface area contributed by atoms with Crippen LogP contribution in [0.5, 0.6) is 0 Å². The number of aliphatic hydroxyl groups excluding tert-OH is 2. The SMILES string of the molecule is CCCCCCCC/C=C\CCCCCCCC(=O)NC(CO)C(O)CCCCCCCCCCCCCCCCCCCCCCCCCCCCCCC. The summed E-state index contributed by atoms with van der Waals surface area (Å²) in [6, 6.07) is -0.538. The van der Waals surface area contributed by atoms with Crippen LogP contribution in [0.25, 0.3) is 0 Å². The van der Waals surface area contributed by atoms with Crippen LogP contribution in [0, 0.1) is 0 Å². The Hall–Kier alpha value is -0.870. The van der Waals surface area contributed by atoms with Gasteiger partial charge in [0.2, 0.25) is 5.91 Å². The van der Waals surface area contributed by atoms with Gasteiger partial charge in [-0.2, -0.15) is 0 Å². The first-order valence-electron chi connectivity index (χ1n) is 25.9. The van der Waals surface area contributed by atoms with Crippen molar-refractivity contribution in [2.45, 2.75) is 309 Å². The summed E-state index contributed by atoms with van der Waals surface area (Å²) in [7, 11) is 0. The molecule has 0 aromatic heterocycles. The smallest absolute Gasteiger partial charge is 0.220 e. The summed E-state index contributed by atoms with van der Waals surface area (Å²) in [5.74, 6) is -0.0358. The molecule has 0 aromatic carbocycles. The van der Waals surface area contributed by atoms with Crippen LogP contribution in [0.1, 0.15) is 296 Å². The van der Waals surface area contributed by atoms with Gasteiger partial charge in [-0.15, -0.1) is 0 Å². The van der Waals surface area contributed by atoms with Gasteiger partial charge in [0.05, 0.1) is 18.8 Å². The van der Waals surface area contributed by atoms with Crippen molar-refractivity contribution in [3.05, 3.63) is 12.2 Å². The number of allylic oxidation sites excluding steroid dienone is 2. The number of unbranched alkanes of at least 4 members (excludes halogenated alkanes) is 39. The average molecular weight is 790 g/mol. The number of hydrogen-bond donors (Lipinski definition) is 3. The Labute approximate surface area is 352 Å². The second kappa shape index (κ2) is 48.5. The van der Waals surface area contributed by atoms with Crippen LogP contribution >= 0.6 is 0 Å². The molecule has 2 unspecified atom stereocenters. The first kappa shape index (κ1) is 55.1. The van der Waals surface area contributed by atoms with Crippen LogP contribution in [-0.2, 0) is 4.79 Å². The third kappa shape index (κ3) is 44.2. The van der Waals surface area contributed by atoms with Gasteiger partial charge in [-0.25, -0.2) is 0 Å². The van der Waals surface area contributed by atoms with Crippen molar-refractivity contribution in [1.82, 2.24) is 5.32 Å². The highest BCUT2D eigenvalue weighted by Crippen LogP contribution is 2.17. The number of carbonyl (C=O) groups is 1. The number of rotatable bonds is 48. The highest BCUT2D eigenvalue weighted by molar-refractivity contribution is 5.76. The molecule has 0 rings (SSSR count).